The van der Waals surface area contributed by atoms with Crippen LogP contribution in [0.3, 0.4) is 0 Å². The molecule has 1 atom stereocenters. The average Bonchev–Trinajstić information content (AvgIpc) is 3.21. The number of urea groups is 1. The lowest BCUT2D eigenvalue weighted by Gasteiger charge is -2.29. The molecule has 10 heteroatoms. The molecule has 1 heterocycles. The quantitative estimate of drug-likeness (QED) is 0.490. The zero-order valence-corrected chi connectivity index (χ0v) is 16.7. The number of nitrogens with one attached hydrogen (secondary N) is 1. The monoisotopic (exact) mass is 421 g/mol. The Bertz CT molecular complexity index is 741. The Kier molecular flexibility index (Phi) is 8.92. The van der Waals surface area contributed by atoms with Crippen molar-refractivity contribution in [3.05, 3.63) is 35.9 Å². The fourth-order valence-electron chi connectivity index (χ4n) is 3.23. The van der Waals surface area contributed by atoms with Gasteiger partial charge in [-0.1, -0.05) is 30.3 Å². The first-order chi connectivity index (χ1) is 14.4. The number of benzene rings is 1. The fraction of sp³-hybridized carbons (Fsp3) is 0.500. The lowest BCUT2D eigenvalue weighted by atomic mass is 10.2. The van der Waals surface area contributed by atoms with Gasteiger partial charge in [0, 0.05) is 19.6 Å². The van der Waals surface area contributed by atoms with E-state index in [-0.39, 0.29) is 13.2 Å². The van der Waals surface area contributed by atoms with Gasteiger partial charge < -0.3 is 30.1 Å². The second-order valence-corrected chi connectivity index (χ2v) is 6.98. The van der Waals surface area contributed by atoms with E-state index in [1.165, 1.54) is 4.90 Å². The molecule has 0 aliphatic carbocycles. The van der Waals surface area contributed by atoms with E-state index in [4.69, 9.17) is 9.84 Å². The molecule has 0 bridgehead atoms. The van der Waals surface area contributed by atoms with Crippen LogP contribution >= 0.6 is 0 Å². The number of carbonyl (C=O) groups is 4. The van der Waals surface area contributed by atoms with Gasteiger partial charge in [-0.3, -0.25) is 4.79 Å². The van der Waals surface area contributed by atoms with Crippen molar-refractivity contribution in [2.75, 3.05) is 26.2 Å². The maximum Gasteiger partial charge on any atom is 0.407 e. The number of alkyl carbamates (subject to hydrolysis) is 1. The first-order valence-electron chi connectivity index (χ1n) is 9.83. The molecule has 0 spiro atoms. The highest BCUT2D eigenvalue weighted by Gasteiger charge is 2.36. The number of amides is 3. The predicted molar refractivity (Wildman–Crippen MR) is 106 cm³/mol. The van der Waals surface area contributed by atoms with Crippen molar-refractivity contribution in [2.45, 2.75) is 38.3 Å². The van der Waals surface area contributed by atoms with E-state index in [0.717, 1.165) is 10.5 Å². The highest BCUT2D eigenvalue weighted by molar-refractivity contribution is 5.85. The Balaban J connectivity index is 1.72. The van der Waals surface area contributed by atoms with Crippen molar-refractivity contribution in [3.8, 4) is 0 Å². The summed E-state index contributed by atoms with van der Waals surface area (Å²) in [5.41, 5.74) is 0.872. The van der Waals surface area contributed by atoms with Gasteiger partial charge >= 0.3 is 24.1 Å². The van der Waals surface area contributed by atoms with E-state index in [9.17, 15) is 24.3 Å². The van der Waals surface area contributed by atoms with Crippen LogP contribution in [0.15, 0.2) is 30.3 Å². The number of hydrogen-bond acceptors (Lipinski definition) is 5. The maximum absolute atomic E-state index is 12.6. The summed E-state index contributed by atoms with van der Waals surface area (Å²) in [6, 6.07) is 7.75. The Morgan fingerprint density at radius 1 is 1.13 bits per heavy atom. The molecule has 2 rings (SSSR count). The van der Waals surface area contributed by atoms with Crippen molar-refractivity contribution >= 4 is 24.1 Å². The molecule has 10 nitrogen and oxygen atoms in total. The van der Waals surface area contributed by atoms with Crippen molar-refractivity contribution in [2.24, 2.45) is 0 Å². The van der Waals surface area contributed by atoms with Gasteiger partial charge in [0.25, 0.3) is 0 Å². The second kappa shape index (κ2) is 11.6. The lowest BCUT2D eigenvalue weighted by molar-refractivity contribution is -0.141. The van der Waals surface area contributed by atoms with Gasteiger partial charge in [-0.25, -0.2) is 14.4 Å². The highest BCUT2D eigenvalue weighted by atomic mass is 16.5. The van der Waals surface area contributed by atoms with E-state index in [1.807, 2.05) is 30.3 Å². The summed E-state index contributed by atoms with van der Waals surface area (Å²) in [5, 5.41) is 20.9. The number of carboxylic acids is 2. The molecular formula is C20H27N3O7. The zero-order chi connectivity index (χ0) is 21.9. The van der Waals surface area contributed by atoms with Gasteiger partial charge in [-0.2, -0.15) is 0 Å². The van der Waals surface area contributed by atoms with E-state index in [0.29, 0.717) is 38.8 Å². The van der Waals surface area contributed by atoms with Gasteiger partial charge in [0.05, 0.1) is 0 Å². The first-order valence-corrected chi connectivity index (χ1v) is 9.83. The normalized spacial score (nSPS) is 15.5. The molecule has 30 heavy (non-hydrogen) atoms. The molecule has 3 amide bonds. The standard InChI is InChI=1S/C20H27N3O7/c24-17(25)13-22(20(29)23-12-6-9-16(23)18(26)27)11-5-4-10-21-19(28)30-14-15-7-2-1-3-8-15/h1-3,7-8,16H,4-6,9-14H2,(H,21,28)(H,24,25)(H,26,27)/t16-/m0/s1. The Morgan fingerprint density at radius 2 is 1.87 bits per heavy atom. The van der Waals surface area contributed by atoms with E-state index < -0.39 is 36.6 Å². The van der Waals surface area contributed by atoms with Crippen molar-refractivity contribution in [1.29, 1.82) is 0 Å². The van der Waals surface area contributed by atoms with Gasteiger partial charge in [0.15, 0.2) is 0 Å². The van der Waals surface area contributed by atoms with Gasteiger partial charge in [0.1, 0.15) is 19.2 Å². The third-order valence-corrected chi connectivity index (χ3v) is 4.72. The van der Waals surface area contributed by atoms with Crippen LogP contribution in [0.5, 0.6) is 0 Å². The number of ether oxygens (including phenoxy) is 1. The van der Waals surface area contributed by atoms with Crippen LogP contribution in [0.2, 0.25) is 0 Å². The molecule has 0 unspecified atom stereocenters. The molecule has 1 saturated heterocycles. The minimum absolute atomic E-state index is 0.148. The number of carboxylic acid groups (broad SMARTS) is 2. The Labute approximate surface area is 174 Å². The Morgan fingerprint density at radius 3 is 2.53 bits per heavy atom. The van der Waals surface area contributed by atoms with Crippen LogP contribution in [0.4, 0.5) is 9.59 Å². The molecule has 1 aromatic rings. The first kappa shape index (κ1) is 23.0. The summed E-state index contributed by atoms with van der Waals surface area (Å²) >= 11 is 0. The molecule has 164 valence electrons. The number of nitrogens with zero attached hydrogens (tertiary/aromatic N) is 2. The molecule has 0 radical (unpaired) electrons. The number of unbranched alkanes of at least 4 members (excludes halogenated alkanes) is 1. The third kappa shape index (κ3) is 7.26. The van der Waals surface area contributed by atoms with Crippen LogP contribution in [-0.4, -0.2) is 76.3 Å². The summed E-state index contributed by atoms with van der Waals surface area (Å²) in [7, 11) is 0. The maximum atomic E-state index is 12.6. The molecular weight excluding hydrogens is 394 g/mol. The van der Waals surface area contributed by atoms with Crippen LogP contribution in [0.1, 0.15) is 31.2 Å². The van der Waals surface area contributed by atoms with Crippen LogP contribution in [-0.2, 0) is 20.9 Å². The van der Waals surface area contributed by atoms with Crippen molar-refractivity contribution < 1.29 is 34.1 Å². The van der Waals surface area contributed by atoms with Crippen molar-refractivity contribution in [1.82, 2.24) is 15.1 Å². The predicted octanol–water partition coefficient (Wildman–Crippen LogP) is 1.75. The van der Waals surface area contributed by atoms with Gasteiger partial charge in [-0.05, 0) is 31.2 Å². The van der Waals surface area contributed by atoms with Crippen molar-refractivity contribution in [3.63, 3.8) is 0 Å². The van der Waals surface area contributed by atoms with E-state index in [1.54, 1.807) is 0 Å². The molecule has 1 aliphatic rings. The highest BCUT2D eigenvalue weighted by Crippen LogP contribution is 2.19. The lowest BCUT2D eigenvalue weighted by Crippen LogP contribution is -2.49. The summed E-state index contributed by atoms with van der Waals surface area (Å²) in [5.74, 6) is -2.26. The Hall–Kier alpha value is -3.30. The summed E-state index contributed by atoms with van der Waals surface area (Å²) in [6.45, 7) is 0.405. The summed E-state index contributed by atoms with van der Waals surface area (Å²) in [4.78, 5) is 49.1. The average molecular weight is 421 g/mol. The largest absolute Gasteiger partial charge is 0.480 e. The van der Waals surface area contributed by atoms with Gasteiger partial charge in [-0.15, -0.1) is 0 Å². The summed E-state index contributed by atoms with van der Waals surface area (Å²) < 4.78 is 5.09. The minimum Gasteiger partial charge on any atom is -0.480 e. The molecule has 1 fully saturated rings. The van der Waals surface area contributed by atoms with E-state index in [2.05, 4.69) is 5.32 Å². The molecule has 1 aliphatic heterocycles. The number of likely N-dealkylation sites (tertiary alicyclic amines) is 1. The zero-order valence-electron chi connectivity index (χ0n) is 16.7. The van der Waals surface area contributed by atoms with E-state index >= 15 is 0 Å². The topological polar surface area (TPSA) is 136 Å². The number of rotatable bonds is 10. The minimum atomic E-state index is -1.17. The van der Waals surface area contributed by atoms with Crippen LogP contribution in [0.25, 0.3) is 0 Å². The number of aliphatic carboxylic acids is 2. The smallest absolute Gasteiger partial charge is 0.407 e. The summed E-state index contributed by atoms with van der Waals surface area (Å²) in [6.07, 6.45) is 1.32. The molecule has 0 aromatic heterocycles. The third-order valence-electron chi connectivity index (χ3n) is 4.72. The number of hydrogen-bond donors (Lipinski definition) is 3. The van der Waals surface area contributed by atoms with Crippen LogP contribution < -0.4 is 5.32 Å². The number of carbonyl (C=O) groups excluding carboxylic acids is 2. The SMILES string of the molecule is O=C(O)CN(CCCCNC(=O)OCc1ccccc1)C(=O)N1CCC[C@H]1C(=O)O. The van der Waals surface area contributed by atoms with Gasteiger partial charge in [0.2, 0.25) is 0 Å². The second-order valence-electron chi connectivity index (χ2n) is 6.98. The van der Waals surface area contributed by atoms with Crippen LogP contribution in [0, 0.1) is 0 Å². The fourth-order valence-corrected chi connectivity index (χ4v) is 3.23. The molecule has 1 aromatic carbocycles. The molecule has 0 saturated carbocycles. The molecule has 3 N–H and O–H groups in total.